The fourth-order valence-electron chi connectivity index (χ4n) is 2.33. The van der Waals surface area contributed by atoms with Crippen LogP contribution in [0, 0.1) is 6.92 Å². The molecule has 0 aliphatic heterocycles. The second-order valence-electron chi connectivity index (χ2n) is 5.42. The molecule has 0 bridgehead atoms. The Morgan fingerprint density at radius 3 is 2.90 bits per heavy atom. The van der Waals surface area contributed by atoms with Gasteiger partial charge >= 0.3 is 0 Å². The minimum atomic E-state index is 0.839. The molecule has 21 heavy (non-hydrogen) atoms. The predicted molar refractivity (Wildman–Crippen MR) is 85.3 cm³/mol. The Labute approximate surface area is 126 Å². The molecule has 1 N–H and O–H groups in total. The van der Waals surface area contributed by atoms with Crippen LogP contribution in [0.1, 0.15) is 37.4 Å². The quantitative estimate of drug-likeness (QED) is 0.721. The number of unbranched alkanes of at least 4 members (excludes halogenated alkanes) is 1. The van der Waals surface area contributed by atoms with E-state index in [1.54, 1.807) is 0 Å². The van der Waals surface area contributed by atoms with Gasteiger partial charge < -0.3 is 10.1 Å². The number of aryl methyl sites for hydroxylation is 2. The van der Waals surface area contributed by atoms with E-state index in [2.05, 4.69) is 28.4 Å². The van der Waals surface area contributed by atoms with Crippen LogP contribution in [0.4, 0.5) is 0 Å². The maximum absolute atomic E-state index is 5.54. The van der Waals surface area contributed by atoms with Gasteiger partial charge in [-0.15, -0.1) is 0 Å². The lowest BCUT2D eigenvalue weighted by Crippen LogP contribution is -2.16. The largest absolute Gasteiger partial charge is 0.381 e. The van der Waals surface area contributed by atoms with Gasteiger partial charge in [0.25, 0.3) is 0 Å². The first-order valence-corrected chi connectivity index (χ1v) is 7.79. The first kappa shape index (κ1) is 15.9. The minimum absolute atomic E-state index is 0.839. The number of fused-ring (bicyclic) bond motifs is 1. The maximum atomic E-state index is 5.54. The molecule has 0 aliphatic carbocycles. The number of pyridine rings is 1. The van der Waals surface area contributed by atoms with E-state index in [1.165, 1.54) is 12.0 Å². The third-order valence-electron chi connectivity index (χ3n) is 3.53. The number of rotatable bonds is 9. The van der Waals surface area contributed by atoms with Crippen LogP contribution in [-0.2, 0) is 18.3 Å². The molecule has 0 aromatic carbocycles. The summed E-state index contributed by atoms with van der Waals surface area (Å²) in [6, 6.07) is 2.18. The number of ether oxygens (including phenoxy) is 1. The van der Waals surface area contributed by atoms with Crippen molar-refractivity contribution in [2.45, 2.75) is 39.7 Å². The molecule has 0 aliphatic rings. The lowest BCUT2D eigenvalue weighted by atomic mass is 10.2. The van der Waals surface area contributed by atoms with Crippen molar-refractivity contribution in [3.63, 3.8) is 0 Å². The van der Waals surface area contributed by atoms with Crippen LogP contribution < -0.4 is 5.32 Å². The molecule has 0 radical (unpaired) electrons. The van der Waals surface area contributed by atoms with Gasteiger partial charge in [0.1, 0.15) is 0 Å². The topological polar surface area (TPSA) is 52.0 Å². The summed E-state index contributed by atoms with van der Waals surface area (Å²) in [5.74, 6) is 0. The average molecular weight is 290 g/mol. The molecule has 5 nitrogen and oxygen atoms in total. The van der Waals surface area contributed by atoms with Gasteiger partial charge in [-0.2, -0.15) is 5.10 Å². The van der Waals surface area contributed by atoms with Gasteiger partial charge in [0.05, 0.1) is 5.69 Å². The highest BCUT2D eigenvalue weighted by atomic mass is 16.5. The van der Waals surface area contributed by atoms with Crippen molar-refractivity contribution in [3.05, 3.63) is 23.5 Å². The van der Waals surface area contributed by atoms with Gasteiger partial charge in [0, 0.05) is 38.4 Å². The fourth-order valence-corrected chi connectivity index (χ4v) is 2.33. The van der Waals surface area contributed by atoms with Crippen LogP contribution in [0.3, 0.4) is 0 Å². The number of nitrogens with zero attached hydrogens (tertiary/aromatic N) is 3. The number of nitrogens with one attached hydrogen (secondary N) is 1. The molecule has 116 valence electrons. The number of hydrogen-bond donors (Lipinski definition) is 1. The molecule has 0 atom stereocenters. The standard InChI is InChI=1S/C16H26N4O/c1-4-5-8-21-9-6-7-17-11-14-10-15-13(2)19-20(3)16(15)18-12-14/h10,12,17H,4-9,11H2,1-3H3. The summed E-state index contributed by atoms with van der Waals surface area (Å²) in [4.78, 5) is 4.49. The minimum Gasteiger partial charge on any atom is -0.381 e. The number of aromatic nitrogens is 3. The van der Waals surface area contributed by atoms with E-state index in [0.717, 1.165) is 55.9 Å². The molecular weight excluding hydrogens is 264 g/mol. The zero-order valence-electron chi connectivity index (χ0n) is 13.4. The van der Waals surface area contributed by atoms with E-state index in [4.69, 9.17) is 4.74 Å². The summed E-state index contributed by atoms with van der Waals surface area (Å²) >= 11 is 0. The van der Waals surface area contributed by atoms with Crippen molar-refractivity contribution in [3.8, 4) is 0 Å². The number of hydrogen-bond acceptors (Lipinski definition) is 4. The zero-order chi connectivity index (χ0) is 15.1. The lowest BCUT2D eigenvalue weighted by molar-refractivity contribution is 0.129. The van der Waals surface area contributed by atoms with Crippen molar-refractivity contribution in [1.29, 1.82) is 0 Å². The van der Waals surface area contributed by atoms with Crippen molar-refractivity contribution in [2.24, 2.45) is 7.05 Å². The van der Waals surface area contributed by atoms with Gasteiger partial charge in [0.2, 0.25) is 0 Å². The summed E-state index contributed by atoms with van der Waals surface area (Å²) in [5.41, 5.74) is 3.18. The second-order valence-corrected chi connectivity index (χ2v) is 5.42. The van der Waals surface area contributed by atoms with Gasteiger partial charge in [-0.3, -0.25) is 4.68 Å². The van der Waals surface area contributed by atoms with Crippen molar-refractivity contribution in [2.75, 3.05) is 19.8 Å². The molecule has 0 amide bonds. The van der Waals surface area contributed by atoms with Crippen LogP contribution in [0.15, 0.2) is 12.3 Å². The summed E-state index contributed by atoms with van der Waals surface area (Å²) in [6.07, 6.45) is 5.32. The smallest absolute Gasteiger partial charge is 0.157 e. The van der Waals surface area contributed by atoms with E-state index < -0.39 is 0 Å². The lowest BCUT2D eigenvalue weighted by Gasteiger charge is -2.06. The van der Waals surface area contributed by atoms with Crippen molar-refractivity contribution in [1.82, 2.24) is 20.1 Å². The van der Waals surface area contributed by atoms with Gasteiger partial charge in [-0.1, -0.05) is 13.3 Å². The van der Waals surface area contributed by atoms with E-state index in [0.29, 0.717) is 0 Å². The molecule has 0 saturated heterocycles. The predicted octanol–water partition coefficient (Wildman–Crippen LogP) is 2.57. The van der Waals surface area contributed by atoms with E-state index >= 15 is 0 Å². The molecule has 2 heterocycles. The van der Waals surface area contributed by atoms with Gasteiger partial charge in [-0.25, -0.2) is 4.98 Å². The Kier molecular flexibility index (Phi) is 6.14. The van der Waals surface area contributed by atoms with Gasteiger partial charge in [0.15, 0.2) is 5.65 Å². The molecule has 0 fully saturated rings. The maximum Gasteiger partial charge on any atom is 0.157 e. The summed E-state index contributed by atoms with van der Waals surface area (Å²) in [6.45, 7) is 7.74. The first-order valence-electron chi connectivity index (χ1n) is 7.79. The van der Waals surface area contributed by atoms with Crippen LogP contribution in [0.2, 0.25) is 0 Å². The van der Waals surface area contributed by atoms with E-state index in [-0.39, 0.29) is 0 Å². The Hall–Kier alpha value is -1.46. The first-order chi connectivity index (χ1) is 10.2. The highest BCUT2D eigenvalue weighted by Crippen LogP contribution is 2.16. The Morgan fingerprint density at radius 2 is 2.10 bits per heavy atom. The molecule has 0 spiro atoms. The fraction of sp³-hybridized carbons (Fsp3) is 0.625. The molecule has 0 unspecified atom stereocenters. The zero-order valence-corrected chi connectivity index (χ0v) is 13.4. The van der Waals surface area contributed by atoms with E-state index in [9.17, 15) is 0 Å². The van der Waals surface area contributed by atoms with Crippen LogP contribution >= 0.6 is 0 Å². The highest BCUT2D eigenvalue weighted by Gasteiger charge is 2.06. The van der Waals surface area contributed by atoms with Gasteiger partial charge in [-0.05, 0) is 37.9 Å². The molecule has 0 saturated carbocycles. The molecule has 2 rings (SSSR count). The SMILES string of the molecule is CCCCOCCCNCc1cnc2c(c1)c(C)nn2C. The monoisotopic (exact) mass is 290 g/mol. The molecule has 5 heteroatoms. The third-order valence-corrected chi connectivity index (χ3v) is 3.53. The summed E-state index contributed by atoms with van der Waals surface area (Å²) in [7, 11) is 1.93. The molecule has 2 aromatic heterocycles. The Bertz CT molecular complexity index is 565. The average Bonchev–Trinajstić information content (AvgIpc) is 2.76. The van der Waals surface area contributed by atoms with Crippen molar-refractivity contribution < 1.29 is 4.74 Å². The van der Waals surface area contributed by atoms with E-state index in [1.807, 2.05) is 24.9 Å². The van der Waals surface area contributed by atoms with Crippen LogP contribution in [-0.4, -0.2) is 34.5 Å². The van der Waals surface area contributed by atoms with Crippen LogP contribution in [0.5, 0.6) is 0 Å². The van der Waals surface area contributed by atoms with Crippen LogP contribution in [0.25, 0.3) is 11.0 Å². The summed E-state index contributed by atoms with van der Waals surface area (Å²) < 4.78 is 7.37. The highest BCUT2D eigenvalue weighted by molar-refractivity contribution is 5.78. The van der Waals surface area contributed by atoms with Crippen molar-refractivity contribution >= 4 is 11.0 Å². The summed E-state index contributed by atoms with van der Waals surface area (Å²) in [5, 5.41) is 8.97. The third kappa shape index (κ3) is 4.51. The molecule has 2 aromatic rings. The Morgan fingerprint density at radius 1 is 1.29 bits per heavy atom. The Balaban J connectivity index is 1.73. The second kappa shape index (κ2) is 8.10. The normalized spacial score (nSPS) is 11.4. The molecular formula is C16H26N4O.